The molecule has 1 aromatic heterocycles. The zero-order chi connectivity index (χ0) is 17.5. The minimum atomic E-state index is -0.0764. The molecule has 0 fully saturated rings. The van der Waals surface area contributed by atoms with Crippen LogP contribution >= 0.6 is 0 Å². The first-order valence-electron chi connectivity index (χ1n) is 8.31. The van der Waals surface area contributed by atoms with Crippen LogP contribution in [0.5, 0.6) is 5.75 Å². The van der Waals surface area contributed by atoms with Gasteiger partial charge in [-0.15, -0.1) is 0 Å². The molecule has 0 radical (unpaired) electrons. The predicted octanol–water partition coefficient (Wildman–Crippen LogP) is 3.26. The minimum absolute atomic E-state index is 0.0764. The van der Waals surface area contributed by atoms with Gasteiger partial charge in [0.2, 0.25) is 0 Å². The van der Waals surface area contributed by atoms with Gasteiger partial charge in [0.1, 0.15) is 18.2 Å². The van der Waals surface area contributed by atoms with E-state index in [4.69, 9.17) is 4.74 Å². The zero-order valence-corrected chi connectivity index (χ0v) is 14.2. The van der Waals surface area contributed by atoms with Crippen molar-refractivity contribution >= 4 is 5.91 Å². The molecule has 1 amide bonds. The molecule has 5 heteroatoms. The molecule has 0 bridgehead atoms. The van der Waals surface area contributed by atoms with Gasteiger partial charge in [-0.3, -0.25) is 4.79 Å². The summed E-state index contributed by atoms with van der Waals surface area (Å²) in [7, 11) is 0. The third kappa shape index (κ3) is 4.47. The Kier molecular flexibility index (Phi) is 5.46. The molecule has 0 aliphatic rings. The first kappa shape index (κ1) is 16.8. The van der Waals surface area contributed by atoms with Crippen molar-refractivity contribution in [3.05, 3.63) is 83.9 Å². The fourth-order valence-corrected chi connectivity index (χ4v) is 2.52. The topological polar surface area (TPSA) is 56.1 Å². The molecule has 2 aromatic carbocycles. The number of benzene rings is 2. The molecule has 0 aliphatic heterocycles. The molecule has 0 saturated carbocycles. The van der Waals surface area contributed by atoms with E-state index in [2.05, 4.69) is 27.0 Å². The lowest BCUT2D eigenvalue weighted by atomic mass is 10.2. The molecule has 3 aromatic rings. The monoisotopic (exact) mass is 335 g/mol. The van der Waals surface area contributed by atoms with Gasteiger partial charge in [0, 0.05) is 31.0 Å². The van der Waals surface area contributed by atoms with E-state index in [-0.39, 0.29) is 5.91 Å². The Morgan fingerprint density at radius 3 is 2.60 bits per heavy atom. The molecule has 128 valence electrons. The van der Waals surface area contributed by atoms with Gasteiger partial charge < -0.3 is 14.6 Å². The molecule has 0 unspecified atom stereocenters. The van der Waals surface area contributed by atoms with Crippen LogP contribution in [0.15, 0.2) is 67.0 Å². The second kappa shape index (κ2) is 8.15. The number of rotatable bonds is 7. The molecule has 3 rings (SSSR count). The van der Waals surface area contributed by atoms with E-state index in [9.17, 15) is 4.79 Å². The number of carbonyl (C=O) groups excluding carboxylic acids is 1. The van der Waals surface area contributed by atoms with E-state index in [1.165, 1.54) is 5.56 Å². The number of amides is 1. The van der Waals surface area contributed by atoms with Crippen LogP contribution in [0.2, 0.25) is 0 Å². The highest BCUT2D eigenvalue weighted by Crippen LogP contribution is 2.14. The van der Waals surface area contributed by atoms with Crippen molar-refractivity contribution in [3.63, 3.8) is 0 Å². The summed E-state index contributed by atoms with van der Waals surface area (Å²) in [5.41, 5.74) is 1.84. The lowest BCUT2D eigenvalue weighted by molar-refractivity contribution is 0.0956. The SMILES string of the molecule is CCNC(=O)c1ccc(OCc2nccn2Cc2ccccc2)cc1. The Morgan fingerprint density at radius 2 is 1.88 bits per heavy atom. The molecular formula is C20H21N3O2. The molecule has 1 N–H and O–H groups in total. The van der Waals surface area contributed by atoms with E-state index in [1.54, 1.807) is 30.5 Å². The number of imidazole rings is 1. The van der Waals surface area contributed by atoms with Crippen LogP contribution in [0.4, 0.5) is 0 Å². The minimum Gasteiger partial charge on any atom is -0.486 e. The third-order valence-electron chi connectivity index (χ3n) is 3.82. The van der Waals surface area contributed by atoms with Crippen LogP contribution in [-0.4, -0.2) is 22.0 Å². The van der Waals surface area contributed by atoms with Crippen LogP contribution in [0.3, 0.4) is 0 Å². The number of hydrogen-bond acceptors (Lipinski definition) is 3. The van der Waals surface area contributed by atoms with Gasteiger partial charge in [0.05, 0.1) is 0 Å². The summed E-state index contributed by atoms with van der Waals surface area (Å²) >= 11 is 0. The summed E-state index contributed by atoms with van der Waals surface area (Å²) in [5, 5.41) is 2.77. The molecule has 0 saturated heterocycles. The van der Waals surface area contributed by atoms with Crippen LogP contribution in [0.1, 0.15) is 28.7 Å². The number of nitrogens with one attached hydrogen (secondary N) is 1. The summed E-state index contributed by atoms with van der Waals surface area (Å²) in [6, 6.07) is 17.4. The van der Waals surface area contributed by atoms with E-state index >= 15 is 0 Å². The second-order valence-electron chi connectivity index (χ2n) is 5.63. The van der Waals surface area contributed by atoms with Crippen molar-refractivity contribution in [2.45, 2.75) is 20.1 Å². The van der Waals surface area contributed by atoms with E-state index in [1.807, 2.05) is 31.3 Å². The standard InChI is InChI=1S/C20H21N3O2/c1-2-21-20(24)17-8-10-18(11-9-17)25-15-19-22-12-13-23(19)14-16-6-4-3-5-7-16/h3-13H,2,14-15H2,1H3,(H,21,24). The molecule has 25 heavy (non-hydrogen) atoms. The van der Waals surface area contributed by atoms with Gasteiger partial charge in [0.25, 0.3) is 5.91 Å². The molecule has 0 spiro atoms. The quantitative estimate of drug-likeness (QED) is 0.721. The van der Waals surface area contributed by atoms with Gasteiger partial charge >= 0.3 is 0 Å². The average Bonchev–Trinajstić information content (AvgIpc) is 3.08. The highest BCUT2D eigenvalue weighted by Gasteiger charge is 2.07. The van der Waals surface area contributed by atoms with Gasteiger partial charge in [-0.05, 0) is 36.8 Å². The maximum Gasteiger partial charge on any atom is 0.251 e. The highest BCUT2D eigenvalue weighted by atomic mass is 16.5. The summed E-state index contributed by atoms with van der Waals surface area (Å²) in [4.78, 5) is 16.1. The summed E-state index contributed by atoms with van der Waals surface area (Å²) in [5.74, 6) is 1.49. The second-order valence-corrected chi connectivity index (χ2v) is 5.63. The molecule has 5 nitrogen and oxygen atoms in total. The van der Waals surface area contributed by atoms with Crippen molar-refractivity contribution in [1.29, 1.82) is 0 Å². The van der Waals surface area contributed by atoms with Crippen molar-refractivity contribution in [3.8, 4) is 5.75 Å². The zero-order valence-electron chi connectivity index (χ0n) is 14.2. The number of nitrogens with zero attached hydrogens (tertiary/aromatic N) is 2. The third-order valence-corrected chi connectivity index (χ3v) is 3.82. The lowest BCUT2D eigenvalue weighted by Crippen LogP contribution is -2.22. The van der Waals surface area contributed by atoms with Crippen LogP contribution in [0, 0.1) is 0 Å². The summed E-state index contributed by atoms with van der Waals surface area (Å²) in [6.45, 7) is 3.64. The summed E-state index contributed by atoms with van der Waals surface area (Å²) in [6.07, 6.45) is 3.73. The molecular weight excluding hydrogens is 314 g/mol. The smallest absolute Gasteiger partial charge is 0.251 e. The predicted molar refractivity (Wildman–Crippen MR) is 96.6 cm³/mol. The van der Waals surface area contributed by atoms with Crippen molar-refractivity contribution < 1.29 is 9.53 Å². The average molecular weight is 335 g/mol. The Hall–Kier alpha value is -3.08. The first-order valence-corrected chi connectivity index (χ1v) is 8.31. The fraction of sp³-hybridized carbons (Fsp3) is 0.200. The van der Waals surface area contributed by atoms with Gasteiger partial charge in [0.15, 0.2) is 0 Å². The van der Waals surface area contributed by atoms with Crippen LogP contribution < -0.4 is 10.1 Å². The Labute approximate surface area is 147 Å². The van der Waals surface area contributed by atoms with E-state index in [0.717, 1.165) is 12.4 Å². The molecule has 1 heterocycles. The van der Waals surface area contributed by atoms with E-state index in [0.29, 0.717) is 24.5 Å². The largest absolute Gasteiger partial charge is 0.486 e. The van der Waals surface area contributed by atoms with E-state index < -0.39 is 0 Å². The number of ether oxygens (including phenoxy) is 1. The number of aromatic nitrogens is 2. The Balaban J connectivity index is 1.61. The summed E-state index contributed by atoms with van der Waals surface area (Å²) < 4.78 is 7.88. The van der Waals surface area contributed by atoms with Gasteiger partial charge in [-0.1, -0.05) is 30.3 Å². The van der Waals surface area contributed by atoms with Gasteiger partial charge in [-0.25, -0.2) is 4.98 Å². The Bertz CT molecular complexity index is 810. The van der Waals surface area contributed by atoms with Crippen LogP contribution in [-0.2, 0) is 13.2 Å². The maximum absolute atomic E-state index is 11.8. The fourth-order valence-electron chi connectivity index (χ4n) is 2.52. The molecule has 0 atom stereocenters. The van der Waals surface area contributed by atoms with Gasteiger partial charge in [-0.2, -0.15) is 0 Å². The highest BCUT2D eigenvalue weighted by molar-refractivity contribution is 5.94. The molecule has 0 aliphatic carbocycles. The lowest BCUT2D eigenvalue weighted by Gasteiger charge is -2.10. The van der Waals surface area contributed by atoms with Crippen LogP contribution in [0.25, 0.3) is 0 Å². The van der Waals surface area contributed by atoms with Crippen molar-refractivity contribution in [2.24, 2.45) is 0 Å². The number of hydrogen-bond donors (Lipinski definition) is 1. The normalized spacial score (nSPS) is 10.4. The van der Waals surface area contributed by atoms with Crippen molar-refractivity contribution in [2.75, 3.05) is 6.54 Å². The number of carbonyl (C=O) groups is 1. The van der Waals surface area contributed by atoms with Crippen molar-refractivity contribution in [1.82, 2.24) is 14.9 Å². The first-order chi connectivity index (χ1) is 12.3. The Morgan fingerprint density at radius 1 is 1.12 bits per heavy atom. The maximum atomic E-state index is 11.8.